The van der Waals surface area contributed by atoms with Gasteiger partial charge in [-0.05, 0) is 31.4 Å². The molecule has 0 saturated carbocycles. The van der Waals surface area contributed by atoms with Crippen molar-refractivity contribution in [2.75, 3.05) is 19.7 Å². The highest BCUT2D eigenvalue weighted by Crippen LogP contribution is 2.19. The minimum absolute atomic E-state index is 0.0530. The maximum absolute atomic E-state index is 13.4. The average molecular weight is 327 g/mol. The van der Waals surface area contributed by atoms with Crippen LogP contribution in [0.15, 0.2) is 18.2 Å². The van der Waals surface area contributed by atoms with Gasteiger partial charge in [0.05, 0.1) is 12.5 Å². The van der Waals surface area contributed by atoms with Gasteiger partial charge < -0.3 is 14.7 Å². The molecule has 7 heteroatoms. The van der Waals surface area contributed by atoms with Crippen LogP contribution in [0.2, 0.25) is 0 Å². The smallest absolute Gasteiger partial charge is 0.308 e. The molecule has 0 aromatic heterocycles. The number of carboxylic acids is 1. The zero-order valence-electron chi connectivity index (χ0n) is 12.6. The van der Waals surface area contributed by atoms with Gasteiger partial charge in [0.2, 0.25) is 5.91 Å². The molecule has 23 heavy (non-hydrogen) atoms. The highest BCUT2D eigenvalue weighted by molar-refractivity contribution is 5.78. The Morgan fingerprint density at radius 1 is 1.35 bits per heavy atom. The number of benzene rings is 1. The van der Waals surface area contributed by atoms with Gasteiger partial charge in [-0.15, -0.1) is 0 Å². The molecule has 0 radical (unpaired) electrons. The van der Waals surface area contributed by atoms with E-state index in [9.17, 15) is 18.4 Å². The van der Waals surface area contributed by atoms with Gasteiger partial charge in [0, 0.05) is 25.6 Å². The fourth-order valence-corrected chi connectivity index (χ4v) is 2.56. The van der Waals surface area contributed by atoms with Gasteiger partial charge >= 0.3 is 5.97 Å². The van der Waals surface area contributed by atoms with Gasteiger partial charge in [-0.1, -0.05) is 0 Å². The van der Waals surface area contributed by atoms with E-state index < -0.39 is 23.5 Å². The van der Waals surface area contributed by atoms with E-state index >= 15 is 0 Å². The standard InChI is InChI=1S/C16H19F2NO4/c17-12-5-6-14(13(18)9-12)23-8-2-4-15(20)19-7-1-3-11(10-19)16(21)22/h5-6,9,11H,1-4,7-8,10H2,(H,21,22). The van der Waals surface area contributed by atoms with Crippen LogP contribution in [-0.2, 0) is 9.59 Å². The Morgan fingerprint density at radius 2 is 2.13 bits per heavy atom. The predicted octanol–water partition coefficient (Wildman–Crippen LogP) is 2.45. The summed E-state index contributed by atoms with van der Waals surface area (Å²) < 4.78 is 31.3. The number of amides is 1. The molecule has 1 saturated heterocycles. The third-order valence-corrected chi connectivity index (χ3v) is 3.81. The topological polar surface area (TPSA) is 66.8 Å². The molecule has 0 spiro atoms. The number of carbonyl (C=O) groups is 2. The third-order valence-electron chi connectivity index (χ3n) is 3.81. The van der Waals surface area contributed by atoms with Crippen molar-refractivity contribution in [3.8, 4) is 5.75 Å². The summed E-state index contributed by atoms with van der Waals surface area (Å²) in [6.45, 7) is 0.933. The summed E-state index contributed by atoms with van der Waals surface area (Å²) in [5, 5.41) is 9.00. The number of rotatable bonds is 6. The van der Waals surface area contributed by atoms with E-state index in [2.05, 4.69) is 0 Å². The van der Waals surface area contributed by atoms with Crippen LogP contribution in [0.25, 0.3) is 0 Å². The number of likely N-dealkylation sites (tertiary alicyclic amines) is 1. The molecular formula is C16H19F2NO4. The molecule has 1 aromatic rings. The number of hydrogen-bond donors (Lipinski definition) is 1. The van der Waals surface area contributed by atoms with Crippen molar-refractivity contribution in [3.63, 3.8) is 0 Å². The lowest BCUT2D eigenvalue weighted by Crippen LogP contribution is -2.42. The van der Waals surface area contributed by atoms with Crippen LogP contribution < -0.4 is 4.74 Å². The summed E-state index contributed by atoms with van der Waals surface area (Å²) in [6, 6.07) is 3.04. The summed E-state index contributed by atoms with van der Waals surface area (Å²) in [5.41, 5.74) is 0. The molecule has 1 atom stereocenters. The van der Waals surface area contributed by atoms with Crippen LogP contribution in [0.1, 0.15) is 25.7 Å². The Hall–Kier alpha value is -2.18. The van der Waals surface area contributed by atoms with E-state index in [-0.39, 0.29) is 31.2 Å². The first-order valence-corrected chi connectivity index (χ1v) is 7.56. The van der Waals surface area contributed by atoms with Crippen LogP contribution in [0.4, 0.5) is 8.78 Å². The second kappa shape index (κ2) is 7.89. The van der Waals surface area contributed by atoms with Gasteiger partial charge in [0.25, 0.3) is 0 Å². The Balaban J connectivity index is 1.73. The highest BCUT2D eigenvalue weighted by atomic mass is 19.1. The quantitative estimate of drug-likeness (QED) is 0.815. The summed E-state index contributed by atoms with van der Waals surface area (Å²) in [7, 11) is 0. The molecule has 1 amide bonds. The molecule has 1 fully saturated rings. The first kappa shape index (κ1) is 17.2. The monoisotopic (exact) mass is 327 g/mol. The lowest BCUT2D eigenvalue weighted by atomic mass is 9.98. The number of carbonyl (C=O) groups excluding carboxylic acids is 1. The fourth-order valence-electron chi connectivity index (χ4n) is 2.56. The molecule has 1 heterocycles. The van der Waals surface area contributed by atoms with Gasteiger partial charge in [0.1, 0.15) is 5.82 Å². The van der Waals surface area contributed by atoms with E-state index in [4.69, 9.17) is 9.84 Å². The molecule has 0 aliphatic carbocycles. The third kappa shape index (κ3) is 4.91. The molecule has 1 unspecified atom stereocenters. The van der Waals surface area contributed by atoms with Crippen molar-refractivity contribution in [2.24, 2.45) is 5.92 Å². The number of nitrogens with zero attached hydrogens (tertiary/aromatic N) is 1. The molecule has 1 aromatic carbocycles. The van der Waals surface area contributed by atoms with Crippen molar-refractivity contribution in [1.82, 2.24) is 4.90 Å². The van der Waals surface area contributed by atoms with Gasteiger partial charge in [-0.2, -0.15) is 0 Å². The van der Waals surface area contributed by atoms with Crippen molar-refractivity contribution >= 4 is 11.9 Å². The highest BCUT2D eigenvalue weighted by Gasteiger charge is 2.27. The van der Waals surface area contributed by atoms with E-state index in [1.807, 2.05) is 0 Å². The minimum atomic E-state index is -0.877. The van der Waals surface area contributed by atoms with Crippen LogP contribution in [0, 0.1) is 17.6 Å². The maximum atomic E-state index is 13.4. The average Bonchev–Trinajstić information content (AvgIpc) is 2.53. The maximum Gasteiger partial charge on any atom is 0.308 e. The number of aliphatic carboxylic acids is 1. The first-order chi connectivity index (χ1) is 11.0. The molecule has 0 bridgehead atoms. The van der Waals surface area contributed by atoms with Crippen molar-refractivity contribution in [2.45, 2.75) is 25.7 Å². The molecule has 2 rings (SSSR count). The van der Waals surface area contributed by atoms with Gasteiger partial charge in [-0.3, -0.25) is 9.59 Å². The number of ether oxygens (including phenoxy) is 1. The van der Waals surface area contributed by atoms with Crippen molar-refractivity contribution < 1.29 is 28.2 Å². The molecule has 1 aliphatic rings. The van der Waals surface area contributed by atoms with Crippen molar-refractivity contribution in [1.29, 1.82) is 0 Å². The lowest BCUT2D eigenvalue weighted by Gasteiger charge is -2.30. The summed E-state index contributed by atoms with van der Waals surface area (Å²) >= 11 is 0. The Kier molecular flexibility index (Phi) is 5.90. The van der Waals surface area contributed by atoms with Crippen molar-refractivity contribution in [3.05, 3.63) is 29.8 Å². The van der Waals surface area contributed by atoms with E-state index in [0.717, 1.165) is 12.1 Å². The number of piperidine rings is 1. The number of hydrogen-bond acceptors (Lipinski definition) is 3. The molecular weight excluding hydrogens is 308 g/mol. The second-order valence-electron chi connectivity index (χ2n) is 5.54. The summed E-state index contributed by atoms with van der Waals surface area (Å²) in [4.78, 5) is 24.6. The molecule has 5 nitrogen and oxygen atoms in total. The fraction of sp³-hybridized carbons (Fsp3) is 0.500. The Labute approximate surface area is 132 Å². The van der Waals surface area contributed by atoms with Gasteiger partial charge in [-0.25, -0.2) is 8.78 Å². The molecule has 1 N–H and O–H groups in total. The SMILES string of the molecule is O=C(O)C1CCCN(C(=O)CCCOc2ccc(F)cc2F)C1. The lowest BCUT2D eigenvalue weighted by molar-refractivity contribution is -0.145. The van der Waals surface area contributed by atoms with Crippen LogP contribution in [0.3, 0.4) is 0 Å². The molecule has 126 valence electrons. The van der Waals surface area contributed by atoms with Crippen LogP contribution in [-0.4, -0.2) is 41.6 Å². The summed E-state index contributed by atoms with van der Waals surface area (Å²) in [6.07, 6.45) is 1.85. The Morgan fingerprint density at radius 3 is 2.83 bits per heavy atom. The number of halogens is 2. The summed E-state index contributed by atoms with van der Waals surface area (Å²) in [5.74, 6) is -3.02. The number of carboxylic acid groups (broad SMARTS) is 1. The normalized spacial score (nSPS) is 17.8. The van der Waals surface area contributed by atoms with Crippen LogP contribution >= 0.6 is 0 Å². The van der Waals surface area contributed by atoms with E-state index in [0.29, 0.717) is 25.8 Å². The second-order valence-corrected chi connectivity index (χ2v) is 5.54. The predicted molar refractivity (Wildman–Crippen MR) is 78.0 cm³/mol. The Bertz CT molecular complexity index is 579. The zero-order chi connectivity index (χ0) is 16.8. The molecule has 1 aliphatic heterocycles. The minimum Gasteiger partial charge on any atom is -0.491 e. The van der Waals surface area contributed by atoms with Gasteiger partial charge in [0.15, 0.2) is 11.6 Å². The first-order valence-electron chi connectivity index (χ1n) is 7.56. The van der Waals surface area contributed by atoms with E-state index in [1.54, 1.807) is 4.90 Å². The van der Waals surface area contributed by atoms with E-state index in [1.165, 1.54) is 6.07 Å². The largest absolute Gasteiger partial charge is 0.491 e. The van der Waals surface area contributed by atoms with Crippen LogP contribution in [0.5, 0.6) is 5.75 Å². The zero-order valence-corrected chi connectivity index (χ0v) is 12.6.